The fourth-order valence-electron chi connectivity index (χ4n) is 5.22. The molecule has 0 saturated heterocycles. The molecule has 5 rings (SSSR count). The largest absolute Gasteiger partial charge is 0.491 e. The minimum atomic E-state index is -1.38. The van der Waals surface area contributed by atoms with E-state index in [2.05, 4.69) is 59.4 Å². The van der Waals surface area contributed by atoms with Crippen molar-refractivity contribution in [3.8, 4) is 16.9 Å². The van der Waals surface area contributed by atoms with E-state index in [1.807, 2.05) is 24.3 Å². The number of carbonyl (C=O) groups is 1. The second-order valence-electron chi connectivity index (χ2n) is 10.9. The van der Waals surface area contributed by atoms with Crippen molar-refractivity contribution in [1.82, 2.24) is 4.98 Å². The number of anilines is 2. The van der Waals surface area contributed by atoms with Crippen LogP contribution in [0.15, 0.2) is 107 Å². The molecule has 0 saturated carbocycles. The Kier molecular flexibility index (Phi) is 11.5. The lowest BCUT2D eigenvalue weighted by molar-refractivity contribution is -0.112. The molecule has 234 valence electrons. The van der Waals surface area contributed by atoms with Gasteiger partial charge < -0.3 is 19.7 Å². The van der Waals surface area contributed by atoms with Gasteiger partial charge in [-0.25, -0.2) is 9.19 Å². The SMILES string of the molecule is CCCCOCCOc1ccc(-c2ccc3c(c2)C=C(C(=O)Nc2ccc(S(=O)c4ccccn4)cc2)CCN3CCC)cc1. The standard InChI is InChI=1S/C37H41N3O4S/c1-3-5-23-43-24-25-44-33-14-9-28(10-15-33)29-11-18-35-31(26-29)27-30(19-22-40(35)21-4-2)37(41)39-32-12-16-34(17-13-32)45(42)36-8-6-7-20-38-36/h6-18,20,26-27H,3-5,19,21-25H2,1-2H3,(H,39,41). The first-order valence-electron chi connectivity index (χ1n) is 15.7. The average Bonchev–Trinajstić information content (AvgIpc) is 3.26. The predicted octanol–water partition coefficient (Wildman–Crippen LogP) is 7.75. The highest BCUT2D eigenvalue weighted by Gasteiger charge is 2.20. The summed E-state index contributed by atoms with van der Waals surface area (Å²) in [5.74, 6) is 0.681. The van der Waals surface area contributed by atoms with Crippen LogP contribution in [0.25, 0.3) is 17.2 Å². The van der Waals surface area contributed by atoms with Gasteiger partial charge in [0, 0.05) is 47.7 Å². The summed E-state index contributed by atoms with van der Waals surface area (Å²) in [5, 5.41) is 3.54. The van der Waals surface area contributed by atoms with Crippen LogP contribution < -0.4 is 15.0 Å². The minimum Gasteiger partial charge on any atom is -0.491 e. The maximum absolute atomic E-state index is 13.5. The minimum absolute atomic E-state index is 0.136. The molecule has 2 heterocycles. The number of ether oxygens (including phenoxy) is 2. The number of amides is 1. The zero-order valence-corrected chi connectivity index (χ0v) is 26.9. The molecule has 0 radical (unpaired) electrons. The Balaban J connectivity index is 1.29. The summed E-state index contributed by atoms with van der Waals surface area (Å²) >= 11 is 0. The van der Waals surface area contributed by atoms with E-state index in [0.29, 0.717) is 35.2 Å². The Morgan fingerprint density at radius 1 is 0.911 bits per heavy atom. The van der Waals surface area contributed by atoms with Crippen LogP contribution in [0.5, 0.6) is 5.75 Å². The Labute approximate surface area is 268 Å². The summed E-state index contributed by atoms with van der Waals surface area (Å²) in [7, 11) is -1.38. The topological polar surface area (TPSA) is 80.8 Å². The Bertz CT molecular complexity index is 1610. The van der Waals surface area contributed by atoms with Crippen LogP contribution in [0.2, 0.25) is 0 Å². The molecule has 0 bridgehead atoms. The third-order valence-electron chi connectivity index (χ3n) is 7.61. The second-order valence-corrected chi connectivity index (χ2v) is 12.4. The normalized spacial score (nSPS) is 13.4. The number of aromatic nitrogens is 1. The van der Waals surface area contributed by atoms with Gasteiger partial charge in [0.15, 0.2) is 0 Å². The summed E-state index contributed by atoms with van der Waals surface area (Å²) in [5.41, 5.74) is 5.69. The summed E-state index contributed by atoms with van der Waals surface area (Å²) in [6.07, 6.45) is 7.48. The molecule has 1 aromatic heterocycles. The van der Waals surface area contributed by atoms with E-state index in [0.717, 1.165) is 72.7 Å². The molecular weight excluding hydrogens is 582 g/mol. The van der Waals surface area contributed by atoms with Crippen LogP contribution in [0.1, 0.15) is 45.1 Å². The summed E-state index contributed by atoms with van der Waals surface area (Å²) in [6.45, 7) is 7.88. The third kappa shape index (κ3) is 8.68. The van der Waals surface area contributed by atoms with Crippen molar-refractivity contribution in [2.45, 2.75) is 49.5 Å². The third-order valence-corrected chi connectivity index (χ3v) is 8.94. The highest BCUT2D eigenvalue weighted by Crippen LogP contribution is 2.33. The van der Waals surface area contributed by atoms with Crippen LogP contribution in [0.4, 0.5) is 11.4 Å². The van der Waals surface area contributed by atoms with Gasteiger partial charge in [-0.15, -0.1) is 0 Å². The van der Waals surface area contributed by atoms with Crippen LogP contribution in [0, 0.1) is 0 Å². The first-order valence-corrected chi connectivity index (χ1v) is 16.9. The Morgan fingerprint density at radius 3 is 2.44 bits per heavy atom. The average molecular weight is 624 g/mol. The first kappa shape index (κ1) is 32.1. The van der Waals surface area contributed by atoms with Gasteiger partial charge in [-0.2, -0.15) is 0 Å². The number of hydrogen-bond donors (Lipinski definition) is 1. The van der Waals surface area contributed by atoms with E-state index in [1.54, 1.807) is 42.6 Å². The monoisotopic (exact) mass is 623 g/mol. The van der Waals surface area contributed by atoms with Crippen molar-refractivity contribution in [2.75, 3.05) is 43.1 Å². The van der Waals surface area contributed by atoms with Gasteiger partial charge in [-0.3, -0.25) is 4.79 Å². The smallest absolute Gasteiger partial charge is 0.251 e. The van der Waals surface area contributed by atoms with Gasteiger partial charge in [-0.05, 0) is 103 Å². The molecule has 0 aliphatic carbocycles. The molecule has 1 atom stereocenters. The van der Waals surface area contributed by atoms with Crippen molar-refractivity contribution in [2.24, 2.45) is 0 Å². The molecule has 0 fully saturated rings. The maximum atomic E-state index is 13.5. The van der Waals surface area contributed by atoms with Gasteiger partial charge >= 0.3 is 0 Å². The fraction of sp³-hybridized carbons (Fsp3) is 0.297. The zero-order chi connectivity index (χ0) is 31.4. The van der Waals surface area contributed by atoms with Crippen molar-refractivity contribution in [3.63, 3.8) is 0 Å². The zero-order valence-electron chi connectivity index (χ0n) is 26.0. The number of fused-ring (bicyclic) bond motifs is 1. The predicted molar refractivity (Wildman–Crippen MR) is 182 cm³/mol. The summed E-state index contributed by atoms with van der Waals surface area (Å²) in [4.78, 5) is 20.7. The van der Waals surface area contributed by atoms with E-state index in [1.165, 1.54) is 0 Å². The number of pyridine rings is 1. The number of nitrogens with zero attached hydrogens (tertiary/aromatic N) is 2. The van der Waals surface area contributed by atoms with Crippen LogP contribution in [-0.4, -0.2) is 48.0 Å². The molecule has 4 aromatic rings. The number of benzene rings is 3. The second kappa shape index (κ2) is 16.2. The van der Waals surface area contributed by atoms with E-state index in [4.69, 9.17) is 9.47 Å². The van der Waals surface area contributed by atoms with Crippen molar-refractivity contribution in [1.29, 1.82) is 0 Å². The number of hydrogen-bond acceptors (Lipinski definition) is 6. The Morgan fingerprint density at radius 2 is 1.71 bits per heavy atom. The summed E-state index contributed by atoms with van der Waals surface area (Å²) < 4.78 is 24.3. The molecule has 0 spiro atoms. The van der Waals surface area contributed by atoms with Crippen LogP contribution in [0.3, 0.4) is 0 Å². The van der Waals surface area contributed by atoms with Gasteiger partial charge in [0.2, 0.25) is 0 Å². The first-order chi connectivity index (χ1) is 22.1. The molecule has 1 N–H and O–H groups in total. The van der Waals surface area contributed by atoms with Gasteiger partial charge in [-0.1, -0.05) is 44.5 Å². The number of carbonyl (C=O) groups excluding carboxylic acids is 1. The maximum Gasteiger partial charge on any atom is 0.251 e. The van der Waals surface area contributed by atoms with E-state index < -0.39 is 10.8 Å². The fourth-order valence-corrected chi connectivity index (χ4v) is 6.20. The molecular formula is C37H41N3O4S. The quantitative estimate of drug-likeness (QED) is 0.145. The number of rotatable bonds is 14. The lowest BCUT2D eigenvalue weighted by Gasteiger charge is -2.25. The lowest BCUT2D eigenvalue weighted by Crippen LogP contribution is -2.26. The highest BCUT2D eigenvalue weighted by molar-refractivity contribution is 7.85. The van der Waals surface area contributed by atoms with Crippen molar-refractivity contribution >= 4 is 34.2 Å². The van der Waals surface area contributed by atoms with E-state index in [9.17, 15) is 9.00 Å². The Hall–Kier alpha value is -4.27. The molecule has 7 nitrogen and oxygen atoms in total. The van der Waals surface area contributed by atoms with Crippen molar-refractivity contribution in [3.05, 3.63) is 102 Å². The summed E-state index contributed by atoms with van der Waals surface area (Å²) in [6, 6.07) is 27.0. The van der Waals surface area contributed by atoms with Crippen LogP contribution >= 0.6 is 0 Å². The van der Waals surface area contributed by atoms with E-state index >= 15 is 0 Å². The lowest BCUT2D eigenvalue weighted by atomic mass is 10.00. The molecule has 8 heteroatoms. The molecule has 3 aromatic carbocycles. The van der Waals surface area contributed by atoms with Gasteiger partial charge in [0.1, 0.15) is 28.2 Å². The van der Waals surface area contributed by atoms with Gasteiger partial charge in [0.05, 0.1) is 6.61 Å². The van der Waals surface area contributed by atoms with Crippen molar-refractivity contribution < 1.29 is 18.5 Å². The molecule has 45 heavy (non-hydrogen) atoms. The highest BCUT2D eigenvalue weighted by atomic mass is 32.2. The number of unbranched alkanes of at least 4 members (excludes halogenated alkanes) is 1. The molecule has 1 amide bonds. The van der Waals surface area contributed by atoms with Crippen LogP contribution in [-0.2, 0) is 20.3 Å². The molecule has 1 unspecified atom stereocenters. The number of nitrogens with one attached hydrogen (secondary N) is 1. The molecule has 1 aliphatic heterocycles. The van der Waals surface area contributed by atoms with Gasteiger partial charge in [0.25, 0.3) is 5.91 Å². The van der Waals surface area contributed by atoms with E-state index in [-0.39, 0.29) is 5.91 Å². The molecule has 1 aliphatic rings.